The van der Waals surface area contributed by atoms with Crippen molar-refractivity contribution in [2.45, 2.75) is 6.61 Å². The molecule has 0 spiro atoms. The van der Waals surface area contributed by atoms with Crippen molar-refractivity contribution in [3.63, 3.8) is 0 Å². The summed E-state index contributed by atoms with van der Waals surface area (Å²) in [5.74, 6) is 1.07. The number of carbonyl (C=O) groups excluding carboxylic acids is 1. The van der Waals surface area contributed by atoms with Crippen molar-refractivity contribution in [2.24, 2.45) is 0 Å². The molecule has 168 valence electrons. The number of thioether (sulfide) groups is 1. The number of nitrogens with zero attached hydrogens (tertiary/aromatic N) is 1. The maximum Gasteiger partial charge on any atom is 0.270 e. The van der Waals surface area contributed by atoms with E-state index in [9.17, 15) is 4.79 Å². The van der Waals surface area contributed by atoms with Crippen LogP contribution in [-0.2, 0) is 11.4 Å². The van der Waals surface area contributed by atoms with E-state index >= 15 is 0 Å². The molecule has 0 unspecified atom stereocenters. The van der Waals surface area contributed by atoms with Crippen LogP contribution in [0.3, 0.4) is 0 Å². The first-order chi connectivity index (χ1) is 15.9. The van der Waals surface area contributed by atoms with E-state index in [0.717, 1.165) is 19.2 Å². The van der Waals surface area contributed by atoms with E-state index < -0.39 is 0 Å². The predicted octanol–water partition coefficient (Wildman–Crippen LogP) is 7.70. The highest BCUT2D eigenvalue weighted by molar-refractivity contribution is 14.1. The minimum Gasteiger partial charge on any atom is -0.493 e. The van der Waals surface area contributed by atoms with E-state index in [4.69, 9.17) is 33.3 Å². The lowest BCUT2D eigenvalue weighted by Crippen LogP contribution is -2.27. The molecule has 1 aliphatic heterocycles. The number of hydrogen-bond acceptors (Lipinski definition) is 5. The first-order valence-electron chi connectivity index (χ1n) is 9.64. The maximum atomic E-state index is 13.1. The van der Waals surface area contributed by atoms with Crippen molar-refractivity contribution in [1.82, 2.24) is 0 Å². The Hall–Kier alpha value is -1.59. The quantitative estimate of drug-likeness (QED) is 0.153. The van der Waals surface area contributed by atoms with E-state index in [0.29, 0.717) is 38.0 Å². The van der Waals surface area contributed by atoms with Gasteiger partial charge in [0.2, 0.25) is 0 Å². The van der Waals surface area contributed by atoms with E-state index in [1.807, 2.05) is 48.5 Å². The first-order valence-corrected chi connectivity index (χ1v) is 13.1. The SMILES string of the molecule is COc1cc(/C=C2/SC(=S)N(c3ccc(Br)c(Cl)c3)C2=O)cc(I)c1OCc1ccccc1. The molecular formula is C24H16BrClINO3S2. The number of thiocarbonyl (C=S) groups is 1. The van der Waals surface area contributed by atoms with E-state index in [1.54, 1.807) is 25.3 Å². The van der Waals surface area contributed by atoms with Gasteiger partial charge >= 0.3 is 0 Å². The number of hydrogen-bond donors (Lipinski definition) is 0. The second kappa shape index (κ2) is 10.8. The molecule has 1 amide bonds. The van der Waals surface area contributed by atoms with Gasteiger partial charge in [-0.2, -0.15) is 0 Å². The van der Waals surface area contributed by atoms with Crippen LogP contribution in [0.2, 0.25) is 5.02 Å². The summed E-state index contributed by atoms with van der Waals surface area (Å²) in [7, 11) is 1.60. The fraction of sp³-hybridized carbons (Fsp3) is 0.0833. The molecule has 0 aromatic heterocycles. The van der Waals surface area contributed by atoms with Crippen molar-refractivity contribution in [2.75, 3.05) is 12.0 Å². The van der Waals surface area contributed by atoms with Crippen LogP contribution in [0, 0.1) is 3.57 Å². The first kappa shape index (κ1) is 24.5. The Bertz CT molecular complexity index is 1270. The van der Waals surface area contributed by atoms with Crippen LogP contribution in [0.25, 0.3) is 6.08 Å². The van der Waals surface area contributed by atoms with Gasteiger partial charge in [0, 0.05) is 4.47 Å². The van der Waals surface area contributed by atoms with Crippen LogP contribution in [0.15, 0.2) is 70.0 Å². The largest absolute Gasteiger partial charge is 0.493 e. The van der Waals surface area contributed by atoms with Crippen molar-refractivity contribution in [3.05, 3.63) is 89.8 Å². The lowest BCUT2D eigenvalue weighted by atomic mass is 10.1. The summed E-state index contributed by atoms with van der Waals surface area (Å²) >= 11 is 18.5. The molecular weight excluding hydrogens is 657 g/mol. The van der Waals surface area contributed by atoms with Crippen LogP contribution in [0.4, 0.5) is 5.69 Å². The number of amides is 1. The zero-order valence-corrected chi connectivity index (χ0v) is 23.3. The number of rotatable bonds is 6. The second-order valence-electron chi connectivity index (χ2n) is 6.92. The Morgan fingerprint density at radius 1 is 1.18 bits per heavy atom. The molecule has 0 atom stereocenters. The molecule has 9 heteroatoms. The fourth-order valence-corrected chi connectivity index (χ4v) is 5.66. The van der Waals surface area contributed by atoms with Crippen LogP contribution < -0.4 is 14.4 Å². The zero-order valence-electron chi connectivity index (χ0n) is 17.2. The summed E-state index contributed by atoms with van der Waals surface area (Å²) < 4.78 is 13.7. The number of methoxy groups -OCH3 is 1. The molecule has 1 saturated heterocycles. The topological polar surface area (TPSA) is 38.8 Å². The fourth-order valence-electron chi connectivity index (χ4n) is 3.16. The van der Waals surface area contributed by atoms with E-state index in [1.165, 1.54) is 16.7 Å². The van der Waals surface area contributed by atoms with Gasteiger partial charge in [-0.3, -0.25) is 9.69 Å². The lowest BCUT2D eigenvalue weighted by molar-refractivity contribution is -0.113. The minimum absolute atomic E-state index is 0.193. The van der Waals surface area contributed by atoms with Crippen molar-refractivity contribution < 1.29 is 14.3 Å². The minimum atomic E-state index is -0.193. The van der Waals surface area contributed by atoms with Crippen molar-refractivity contribution in [1.29, 1.82) is 0 Å². The van der Waals surface area contributed by atoms with Crippen LogP contribution in [0.5, 0.6) is 11.5 Å². The Balaban J connectivity index is 1.59. The van der Waals surface area contributed by atoms with Crippen molar-refractivity contribution >= 4 is 96.1 Å². The normalized spacial score (nSPS) is 14.8. The number of halogens is 3. The molecule has 3 aromatic carbocycles. The molecule has 4 nitrogen and oxygen atoms in total. The Morgan fingerprint density at radius 3 is 2.64 bits per heavy atom. The third-order valence-electron chi connectivity index (χ3n) is 4.73. The predicted molar refractivity (Wildman–Crippen MR) is 151 cm³/mol. The van der Waals surface area contributed by atoms with Gasteiger partial charge in [-0.05, 0) is 86.1 Å². The lowest BCUT2D eigenvalue weighted by Gasteiger charge is -2.15. The number of carbonyl (C=O) groups is 1. The molecule has 0 saturated carbocycles. The highest BCUT2D eigenvalue weighted by atomic mass is 127. The van der Waals surface area contributed by atoms with E-state index in [-0.39, 0.29) is 5.91 Å². The van der Waals surface area contributed by atoms with Gasteiger partial charge in [-0.1, -0.05) is 65.9 Å². The van der Waals surface area contributed by atoms with E-state index in [2.05, 4.69) is 38.5 Å². The number of benzene rings is 3. The summed E-state index contributed by atoms with van der Waals surface area (Å²) in [5, 5.41) is 0.510. The van der Waals surface area contributed by atoms with Gasteiger partial charge in [0.15, 0.2) is 15.8 Å². The molecule has 1 aliphatic rings. The highest BCUT2D eigenvalue weighted by Gasteiger charge is 2.33. The van der Waals surface area contributed by atoms with Gasteiger partial charge in [0.05, 0.1) is 26.3 Å². The molecule has 0 bridgehead atoms. The average molecular weight is 673 g/mol. The molecule has 1 heterocycles. The third kappa shape index (κ3) is 5.57. The molecule has 0 radical (unpaired) electrons. The molecule has 33 heavy (non-hydrogen) atoms. The number of anilines is 1. The monoisotopic (exact) mass is 671 g/mol. The van der Waals surface area contributed by atoms with Gasteiger partial charge in [-0.15, -0.1) is 0 Å². The highest BCUT2D eigenvalue weighted by Crippen LogP contribution is 2.40. The maximum absolute atomic E-state index is 13.1. The summed E-state index contributed by atoms with van der Waals surface area (Å²) in [6, 6.07) is 19.0. The molecule has 4 rings (SSSR count). The smallest absolute Gasteiger partial charge is 0.270 e. The third-order valence-corrected chi connectivity index (χ3v) is 8.07. The number of ether oxygens (including phenoxy) is 2. The summed E-state index contributed by atoms with van der Waals surface area (Å²) in [6.07, 6.45) is 1.81. The average Bonchev–Trinajstić information content (AvgIpc) is 3.08. The van der Waals surface area contributed by atoms with Gasteiger partial charge in [0.1, 0.15) is 6.61 Å². The Kier molecular flexibility index (Phi) is 8.01. The van der Waals surface area contributed by atoms with Gasteiger partial charge < -0.3 is 9.47 Å². The summed E-state index contributed by atoms with van der Waals surface area (Å²) in [5.41, 5.74) is 2.51. The second-order valence-corrected chi connectivity index (χ2v) is 11.0. The Morgan fingerprint density at radius 2 is 1.94 bits per heavy atom. The zero-order chi connectivity index (χ0) is 23.5. The molecule has 1 fully saturated rings. The molecule has 3 aromatic rings. The summed E-state index contributed by atoms with van der Waals surface area (Å²) in [4.78, 5) is 15.1. The Labute approximate surface area is 228 Å². The van der Waals surface area contributed by atoms with Crippen LogP contribution in [-0.4, -0.2) is 17.3 Å². The van der Waals surface area contributed by atoms with Crippen LogP contribution >= 0.6 is 74.1 Å². The van der Waals surface area contributed by atoms with Gasteiger partial charge in [0.25, 0.3) is 5.91 Å². The van der Waals surface area contributed by atoms with Gasteiger partial charge in [-0.25, -0.2) is 0 Å². The molecule has 0 N–H and O–H groups in total. The van der Waals surface area contributed by atoms with Crippen molar-refractivity contribution in [3.8, 4) is 11.5 Å². The molecule has 0 aliphatic carbocycles. The standard InChI is InChI=1S/C24H16BrClINO3S2/c1-30-20-10-15(9-19(27)22(20)31-13-14-5-3-2-4-6-14)11-21-23(29)28(24(32)33-21)16-7-8-17(25)18(26)12-16/h2-12H,13H2,1H3/b21-11+. The van der Waals surface area contributed by atoms with Crippen LogP contribution in [0.1, 0.15) is 11.1 Å². The summed E-state index contributed by atoms with van der Waals surface area (Å²) in [6.45, 7) is 0.432.